The fraction of sp³-hybridized carbons (Fsp3) is 0.217. The zero-order chi connectivity index (χ0) is 23.8. The van der Waals surface area contributed by atoms with E-state index >= 15 is 0 Å². The van der Waals surface area contributed by atoms with Crippen LogP contribution in [0, 0.1) is 0 Å². The van der Waals surface area contributed by atoms with Crippen LogP contribution in [-0.4, -0.2) is 47.7 Å². The SMILES string of the molecule is O=S1N=C(c2cccc(OC3Nc4cc(Cl)c(-c5ccc(N6CCOCC6)cc5)nc4N3)c2)NO1. The summed E-state index contributed by atoms with van der Waals surface area (Å²) < 4.78 is 31.4. The number of anilines is 3. The van der Waals surface area contributed by atoms with Crippen molar-refractivity contribution in [3.05, 3.63) is 65.2 Å². The summed E-state index contributed by atoms with van der Waals surface area (Å²) in [6.45, 7) is 3.25. The van der Waals surface area contributed by atoms with Crippen LogP contribution >= 0.6 is 11.6 Å². The van der Waals surface area contributed by atoms with Crippen LogP contribution in [0.3, 0.4) is 0 Å². The molecule has 3 aromatic rings. The lowest BCUT2D eigenvalue weighted by Crippen LogP contribution is -2.36. The van der Waals surface area contributed by atoms with Gasteiger partial charge in [0.25, 0.3) is 0 Å². The number of rotatable bonds is 5. The van der Waals surface area contributed by atoms with Gasteiger partial charge in [-0.1, -0.05) is 35.9 Å². The molecule has 3 N–H and O–H groups in total. The van der Waals surface area contributed by atoms with Crippen LogP contribution in [0.25, 0.3) is 11.3 Å². The van der Waals surface area contributed by atoms with Gasteiger partial charge in [0, 0.05) is 29.9 Å². The molecular weight excluding hydrogens is 492 g/mol. The fourth-order valence-corrected chi connectivity index (χ4v) is 4.81. The van der Waals surface area contributed by atoms with Crippen molar-refractivity contribution < 1.29 is 18.0 Å². The summed E-state index contributed by atoms with van der Waals surface area (Å²) >= 11 is 4.86. The second-order valence-corrected chi connectivity index (χ2v) is 9.21. The van der Waals surface area contributed by atoms with E-state index in [1.54, 1.807) is 6.07 Å². The molecule has 2 aromatic carbocycles. The molecule has 0 bridgehead atoms. The van der Waals surface area contributed by atoms with Crippen molar-refractivity contribution in [2.75, 3.05) is 41.8 Å². The molecule has 0 radical (unpaired) electrons. The van der Waals surface area contributed by atoms with E-state index in [9.17, 15) is 4.21 Å². The van der Waals surface area contributed by atoms with Crippen LogP contribution in [-0.2, 0) is 20.3 Å². The molecule has 3 aliphatic rings. The van der Waals surface area contributed by atoms with Crippen molar-refractivity contribution in [3.8, 4) is 17.0 Å². The zero-order valence-corrected chi connectivity index (χ0v) is 19.9. The quantitative estimate of drug-likeness (QED) is 0.474. The first-order chi connectivity index (χ1) is 17.1. The molecule has 2 atom stereocenters. The van der Waals surface area contributed by atoms with E-state index in [1.807, 2.05) is 36.4 Å². The zero-order valence-electron chi connectivity index (χ0n) is 18.4. The molecule has 3 aliphatic heterocycles. The Morgan fingerprint density at radius 3 is 2.66 bits per heavy atom. The Morgan fingerprint density at radius 1 is 1.06 bits per heavy atom. The molecular formula is C23H21ClN6O4S. The van der Waals surface area contributed by atoms with Gasteiger partial charge in [-0.25, -0.2) is 14.7 Å². The van der Waals surface area contributed by atoms with Gasteiger partial charge in [0.2, 0.25) is 6.35 Å². The van der Waals surface area contributed by atoms with E-state index in [-0.39, 0.29) is 0 Å². The number of hydroxylamine groups is 1. The van der Waals surface area contributed by atoms with Gasteiger partial charge in [0.15, 0.2) is 11.7 Å². The number of benzene rings is 2. The second-order valence-electron chi connectivity index (χ2n) is 8.02. The summed E-state index contributed by atoms with van der Waals surface area (Å²) in [7, 11) is 0. The molecule has 10 nitrogen and oxygen atoms in total. The molecule has 12 heteroatoms. The molecule has 1 fully saturated rings. The standard InChI is InChI=1S/C23H21ClN6O4S/c24-18-13-19-22(26-20(18)14-4-6-16(7-5-14)30-8-10-32-11-9-30)27-23(25-19)33-17-3-1-2-15(12-17)21-28-34-35(31)29-21/h1-7,12-13,23,25H,8-11H2,(H,26,27)(H,28,29). The van der Waals surface area contributed by atoms with Crippen molar-refractivity contribution >= 4 is 45.9 Å². The molecule has 6 rings (SSSR count). The Labute approximate surface area is 209 Å². The van der Waals surface area contributed by atoms with Crippen molar-refractivity contribution in [2.45, 2.75) is 6.35 Å². The maximum absolute atomic E-state index is 11.3. The first-order valence-electron chi connectivity index (χ1n) is 11.0. The van der Waals surface area contributed by atoms with Gasteiger partial charge in [-0.2, -0.15) is 4.28 Å². The predicted molar refractivity (Wildman–Crippen MR) is 135 cm³/mol. The maximum Gasteiger partial charge on any atom is 0.309 e. The van der Waals surface area contributed by atoms with Gasteiger partial charge in [0.05, 0.1) is 29.6 Å². The lowest BCUT2D eigenvalue weighted by molar-refractivity contribution is 0.122. The first kappa shape index (κ1) is 22.1. The maximum atomic E-state index is 11.3. The van der Waals surface area contributed by atoms with E-state index in [2.05, 4.69) is 37.5 Å². The third-order valence-corrected chi connectivity index (χ3v) is 6.63. The molecule has 0 amide bonds. The number of pyridine rings is 1. The highest BCUT2D eigenvalue weighted by Crippen LogP contribution is 2.37. The summed E-state index contributed by atoms with van der Waals surface area (Å²) in [5.41, 5.74) is 6.74. The number of hydrogen-bond acceptors (Lipinski definition) is 9. The van der Waals surface area contributed by atoms with E-state index < -0.39 is 17.6 Å². The highest BCUT2D eigenvalue weighted by Gasteiger charge is 2.25. The highest BCUT2D eigenvalue weighted by molar-refractivity contribution is 7.79. The second kappa shape index (κ2) is 9.34. The fourth-order valence-electron chi connectivity index (χ4n) is 4.07. The van der Waals surface area contributed by atoms with Crippen LogP contribution in [0.1, 0.15) is 5.56 Å². The molecule has 35 heavy (non-hydrogen) atoms. The number of halogens is 1. The number of morpholine rings is 1. The normalized spacial score (nSPS) is 20.9. The third kappa shape index (κ3) is 4.63. The summed E-state index contributed by atoms with van der Waals surface area (Å²) in [5, 5.41) is 7.01. The van der Waals surface area contributed by atoms with Crippen molar-refractivity contribution in [2.24, 2.45) is 4.40 Å². The molecule has 1 aromatic heterocycles. The summed E-state index contributed by atoms with van der Waals surface area (Å²) in [6, 6.07) is 17.3. The Hall–Kier alpha value is -3.38. The van der Waals surface area contributed by atoms with Crippen molar-refractivity contribution in [1.82, 2.24) is 10.5 Å². The van der Waals surface area contributed by atoms with Crippen LogP contribution in [0.5, 0.6) is 5.75 Å². The first-order valence-corrected chi connectivity index (χ1v) is 12.4. The number of fused-ring (bicyclic) bond motifs is 1. The summed E-state index contributed by atoms with van der Waals surface area (Å²) in [6.07, 6.45) is -0.549. The van der Waals surface area contributed by atoms with Gasteiger partial charge in [-0.15, -0.1) is 4.40 Å². The van der Waals surface area contributed by atoms with Crippen LogP contribution in [0.15, 0.2) is 59.0 Å². The summed E-state index contributed by atoms with van der Waals surface area (Å²) in [4.78, 5) is 7.05. The summed E-state index contributed by atoms with van der Waals surface area (Å²) in [5.74, 6) is 1.60. The van der Waals surface area contributed by atoms with Gasteiger partial charge in [0.1, 0.15) is 5.75 Å². The smallest absolute Gasteiger partial charge is 0.309 e. The Morgan fingerprint density at radius 2 is 1.89 bits per heavy atom. The highest BCUT2D eigenvalue weighted by atomic mass is 35.5. The molecule has 1 saturated heterocycles. The predicted octanol–water partition coefficient (Wildman–Crippen LogP) is 3.30. The topological polar surface area (TPSA) is 109 Å². The minimum Gasteiger partial charge on any atom is -0.452 e. The minimum absolute atomic E-state index is 0.377. The molecule has 0 aliphatic carbocycles. The molecule has 0 saturated carbocycles. The Kier molecular flexibility index (Phi) is 5.90. The van der Waals surface area contributed by atoms with Gasteiger partial charge < -0.3 is 25.0 Å². The average molecular weight is 513 g/mol. The number of nitrogens with zero attached hydrogens (tertiary/aromatic N) is 3. The lowest BCUT2D eigenvalue weighted by atomic mass is 10.1. The monoisotopic (exact) mass is 512 g/mol. The number of aromatic nitrogens is 1. The number of ether oxygens (including phenoxy) is 2. The number of nitrogens with one attached hydrogen (secondary N) is 3. The van der Waals surface area contributed by atoms with Crippen LogP contribution < -0.4 is 25.8 Å². The third-order valence-electron chi connectivity index (χ3n) is 5.78. The Balaban J connectivity index is 1.17. The van der Waals surface area contributed by atoms with Crippen molar-refractivity contribution in [1.29, 1.82) is 0 Å². The Bertz CT molecular complexity index is 1320. The van der Waals surface area contributed by atoms with E-state index in [1.165, 1.54) is 0 Å². The van der Waals surface area contributed by atoms with E-state index in [0.717, 1.165) is 43.2 Å². The minimum atomic E-state index is -1.73. The largest absolute Gasteiger partial charge is 0.452 e. The van der Waals surface area contributed by atoms with Crippen molar-refractivity contribution in [3.63, 3.8) is 0 Å². The average Bonchev–Trinajstić information content (AvgIpc) is 3.49. The van der Waals surface area contributed by atoms with Crippen LogP contribution in [0.4, 0.5) is 17.2 Å². The van der Waals surface area contributed by atoms with Crippen LogP contribution in [0.2, 0.25) is 5.02 Å². The van der Waals surface area contributed by atoms with Gasteiger partial charge >= 0.3 is 11.3 Å². The van der Waals surface area contributed by atoms with E-state index in [0.29, 0.717) is 33.7 Å². The number of hydrogen-bond donors (Lipinski definition) is 3. The lowest BCUT2D eigenvalue weighted by Gasteiger charge is -2.28. The molecule has 180 valence electrons. The molecule has 0 spiro atoms. The van der Waals surface area contributed by atoms with E-state index in [4.69, 9.17) is 30.3 Å². The van der Waals surface area contributed by atoms with Gasteiger partial charge in [-0.3, -0.25) is 0 Å². The van der Waals surface area contributed by atoms with Gasteiger partial charge in [-0.05, 0) is 30.3 Å². The number of amidine groups is 1. The molecule has 2 unspecified atom stereocenters. The molecule has 4 heterocycles.